The number of halogens is 2. The van der Waals surface area contributed by atoms with Crippen molar-refractivity contribution in [2.45, 2.75) is 26.4 Å². The van der Waals surface area contributed by atoms with Crippen LogP contribution in [0.2, 0.25) is 10.0 Å². The summed E-state index contributed by atoms with van der Waals surface area (Å²) in [6.45, 7) is 3.87. The van der Waals surface area contributed by atoms with E-state index in [0.29, 0.717) is 21.4 Å². The number of aliphatic carboxylic acids is 1. The first-order chi connectivity index (χ1) is 10.3. The van der Waals surface area contributed by atoms with Crippen LogP contribution >= 0.6 is 23.2 Å². The lowest BCUT2D eigenvalue weighted by Crippen LogP contribution is -2.29. The number of hydrogen-bond donors (Lipinski definition) is 1. The van der Waals surface area contributed by atoms with Crippen molar-refractivity contribution in [1.29, 1.82) is 0 Å². The van der Waals surface area contributed by atoms with Crippen molar-refractivity contribution >= 4 is 29.2 Å². The van der Waals surface area contributed by atoms with Crippen molar-refractivity contribution in [2.75, 3.05) is 0 Å². The van der Waals surface area contributed by atoms with Crippen molar-refractivity contribution in [2.24, 2.45) is 0 Å². The molecule has 2 aromatic rings. The Kier molecular flexibility index (Phi) is 5.33. The summed E-state index contributed by atoms with van der Waals surface area (Å²) in [7, 11) is 0. The molecule has 0 bridgehead atoms. The third kappa shape index (κ3) is 4.39. The Morgan fingerprint density at radius 2 is 1.77 bits per heavy atom. The van der Waals surface area contributed by atoms with Gasteiger partial charge in [-0.15, -0.1) is 0 Å². The number of carboxylic acids is 1. The molecule has 2 aromatic carbocycles. The second kappa shape index (κ2) is 7.03. The molecule has 0 spiro atoms. The standard InChI is InChI=1S/C17H16Cl2O3/c1-10-5-11(2)7-14(6-10)22-16(17(20)21)8-12-3-4-13(18)9-15(12)19/h3-7,9,16H,8H2,1-2H3,(H,20,21)/t16-/m0/s1. The minimum atomic E-state index is -1.04. The van der Waals surface area contributed by atoms with E-state index in [9.17, 15) is 9.90 Å². The van der Waals surface area contributed by atoms with E-state index in [1.807, 2.05) is 32.0 Å². The van der Waals surface area contributed by atoms with E-state index in [1.54, 1.807) is 18.2 Å². The van der Waals surface area contributed by atoms with Crippen LogP contribution in [0, 0.1) is 13.8 Å². The van der Waals surface area contributed by atoms with Gasteiger partial charge in [0.15, 0.2) is 6.10 Å². The average Bonchev–Trinajstić information content (AvgIpc) is 2.39. The van der Waals surface area contributed by atoms with Crippen LogP contribution in [-0.2, 0) is 11.2 Å². The minimum absolute atomic E-state index is 0.165. The summed E-state index contributed by atoms with van der Waals surface area (Å²) < 4.78 is 5.64. The molecule has 0 heterocycles. The molecule has 0 unspecified atom stereocenters. The number of carbonyl (C=O) groups is 1. The highest BCUT2D eigenvalue weighted by Gasteiger charge is 2.21. The van der Waals surface area contributed by atoms with Gasteiger partial charge in [0.25, 0.3) is 0 Å². The van der Waals surface area contributed by atoms with Crippen molar-refractivity contribution < 1.29 is 14.6 Å². The third-order valence-electron chi connectivity index (χ3n) is 3.17. The highest BCUT2D eigenvalue weighted by atomic mass is 35.5. The van der Waals surface area contributed by atoms with Crippen LogP contribution < -0.4 is 4.74 Å². The second-order valence-electron chi connectivity index (χ2n) is 5.21. The quantitative estimate of drug-likeness (QED) is 0.860. The predicted octanol–water partition coefficient (Wildman–Crippen LogP) is 4.68. The third-order valence-corrected chi connectivity index (χ3v) is 3.76. The zero-order valence-corrected chi connectivity index (χ0v) is 13.8. The lowest BCUT2D eigenvalue weighted by molar-refractivity contribution is -0.145. The first-order valence-corrected chi connectivity index (χ1v) is 7.52. The molecule has 1 N–H and O–H groups in total. The molecule has 1 atom stereocenters. The van der Waals surface area contributed by atoms with Crippen LogP contribution in [0.15, 0.2) is 36.4 Å². The Labute approximate surface area is 139 Å². The van der Waals surface area contributed by atoms with E-state index in [1.165, 1.54) is 0 Å². The van der Waals surface area contributed by atoms with Gasteiger partial charge in [0, 0.05) is 16.5 Å². The highest BCUT2D eigenvalue weighted by molar-refractivity contribution is 6.35. The molecule has 3 nitrogen and oxygen atoms in total. The molecule has 22 heavy (non-hydrogen) atoms. The molecule has 0 aliphatic heterocycles. The first kappa shape index (κ1) is 16.7. The number of aryl methyl sites for hydroxylation is 2. The molecule has 0 amide bonds. The SMILES string of the molecule is Cc1cc(C)cc(O[C@@H](Cc2ccc(Cl)cc2Cl)C(=O)O)c1. The lowest BCUT2D eigenvalue weighted by atomic mass is 10.1. The molecular formula is C17H16Cl2O3. The van der Waals surface area contributed by atoms with E-state index in [4.69, 9.17) is 27.9 Å². The van der Waals surface area contributed by atoms with Crippen LogP contribution in [0.3, 0.4) is 0 Å². The maximum absolute atomic E-state index is 11.5. The Hall–Kier alpha value is -1.71. The summed E-state index contributed by atoms with van der Waals surface area (Å²) >= 11 is 11.9. The van der Waals surface area contributed by atoms with Crippen LogP contribution in [0.4, 0.5) is 0 Å². The minimum Gasteiger partial charge on any atom is -0.478 e. The molecule has 116 valence electrons. The lowest BCUT2D eigenvalue weighted by Gasteiger charge is -2.17. The van der Waals surface area contributed by atoms with Gasteiger partial charge < -0.3 is 9.84 Å². The fraction of sp³-hybridized carbons (Fsp3) is 0.235. The fourth-order valence-electron chi connectivity index (χ4n) is 2.23. The normalized spacial score (nSPS) is 12.0. The summed E-state index contributed by atoms with van der Waals surface area (Å²) in [6.07, 6.45) is -0.849. The summed E-state index contributed by atoms with van der Waals surface area (Å²) in [5.74, 6) is -0.500. The highest BCUT2D eigenvalue weighted by Crippen LogP contribution is 2.24. The van der Waals surface area contributed by atoms with E-state index in [0.717, 1.165) is 11.1 Å². The molecule has 0 fully saturated rings. The smallest absolute Gasteiger partial charge is 0.345 e. The zero-order valence-electron chi connectivity index (χ0n) is 12.3. The van der Waals surface area contributed by atoms with Gasteiger partial charge in [-0.3, -0.25) is 0 Å². The first-order valence-electron chi connectivity index (χ1n) is 6.77. The molecular weight excluding hydrogens is 323 g/mol. The Morgan fingerprint density at radius 1 is 1.14 bits per heavy atom. The summed E-state index contributed by atoms with van der Waals surface area (Å²) in [4.78, 5) is 11.5. The van der Waals surface area contributed by atoms with Crippen molar-refractivity contribution in [1.82, 2.24) is 0 Å². The van der Waals surface area contributed by atoms with Gasteiger partial charge in [-0.2, -0.15) is 0 Å². The largest absolute Gasteiger partial charge is 0.478 e. The monoisotopic (exact) mass is 338 g/mol. The molecule has 0 aromatic heterocycles. The van der Waals surface area contributed by atoms with E-state index >= 15 is 0 Å². The zero-order chi connectivity index (χ0) is 16.3. The number of benzene rings is 2. The molecule has 0 saturated heterocycles. The molecule has 0 aliphatic carbocycles. The Bertz CT molecular complexity index is 678. The van der Waals surface area contributed by atoms with Gasteiger partial charge in [-0.1, -0.05) is 35.3 Å². The van der Waals surface area contributed by atoms with E-state index in [-0.39, 0.29) is 6.42 Å². The number of hydrogen-bond acceptors (Lipinski definition) is 2. The summed E-state index contributed by atoms with van der Waals surface area (Å²) in [5, 5.41) is 10.3. The predicted molar refractivity (Wildman–Crippen MR) is 88.1 cm³/mol. The maximum Gasteiger partial charge on any atom is 0.345 e. The van der Waals surface area contributed by atoms with Gasteiger partial charge in [-0.05, 0) is 54.8 Å². The van der Waals surface area contributed by atoms with Crippen LogP contribution in [0.25, 0.3) is 0 Å². The van der Waals surface area contributed by atoms with E-state index in [2.05, 4.69) is 0 Å². The van der Waals surface area contributed by atoms with Crippen LogP contribution in [0.1, 0.15) is 16.7 Å². The van der Waals surface area contributed by atoms with Crippen molar-refractivity contribution in [3.05, 3.63) is 63.1 Å². The molecule has 0 saturated carbocycles. The van der Waals surface area contributed by atoms with Gasteiger partial charge in [0.2, 0.25) is 0 Å². The van der Waals surface area contributed by atoms with Crippen molar-refractivity contribution in [3.63, 3.8) is 0 Å². The van der Waals surface area contributed by atoms with Gasteiger partial charge in [0.05, 0.1) is 0 Å². The van der Waals surface area contributed by atoms with Gasteiger partial charge in [0.1, 0.15) is 5.75 Å². The van der Waals surface area contributed by atoms with Crippen molar-refractivity contribution in [3.8, 4) is 5.75 Å². The molecule has 0 aliphatic rings. The van der Waals surface area contributed by atoms with Crippen LogP contribution in [-0.4, -0.2) is 17.2 Å². The van der Waals surface area contributed by atoms with Crippen LogP contribution in [0.5, 0.6) is 5.75 Å². The molecule has 0 radical (unpaired) electrons. The Morgan fingerprint density at radius 3 is 2.32 bits per heavy atom. The summed E-state index contributed by atoms with van der Waals surface area (Å²) in [6, 6.07) is 10.6. The fourth-order valence-corrected chi connectivity index (χ4v) is 2.72. The van der Waals surface area contributed by atoms with E-state index < -0.39 is 12.1 Å². The Balaban J connectivity index is 2.21. The van der Waals surface area contributed by atoms with Gasteiger partial charge >= 0.3 is 5.97 Å². The number of rotatable bonds is 5. The van der Waals surface area contributed by atoms with Gasteiger partial charge in [-0.25, -0.2) is 4.79 Å². The molecule has 5 heteroatoms. The topological polar surface area (TPSA) is 46.5 Å². The maximum atomic E-state index is 11.5. The summed E-state index contributed by atoms with van der Waals surface area (Å²) in [5.41, 5.74) is 2.72. The number of ether oxygens (including phenoxy) is 1. The second-order valence-corrected chi connectivity index (χ2v) is 6.05. The number of carboxylic acid groups (broad SMARTS) is 1. The average molecular weight is 339 g/mol. The molecule has 2 rings (SSSR count).